The van der Waals surface area contributed by atoms with Crippen LogP contribution in [-0.2, 0) is 14.3 Å². The molecule has 194 valence electrons. The van der Waals surface area contributed by atoms with Gasteiger partial charge in [-0.15, -0.1) is 0 Å². The van der Waals surface area contributed by atoms with Gasteiger partial charge in [-0.05, 0) is 77.3 Å². The van der Waals surface area contributed by atoms with Gasteiger partial charge in [-0.25, -0.2) is 4.79 Å². The molecular weight excluding hydrogens is 462 g/mol. The quantitative estimate of drug-likeness (QED) is 0.498. The highest BCUT2D eigenvalue weighted by Gasteiger charge is 2.41. The first-order valence-corrected chi connectivity index (χ1v) is 12.0. The van der Waals surface area contributed by atoms with Crippen molar-refractivity contribution in [2.75, 3.05) is 12.4 Å². The lowest BCUT2D eigenvalue weighted by molar-refractivity contribution is -0.145. The van der Waals surface area contributed by atoms with Gasteiger partial charge >= 0.3 is 6.09 Å². The predicted molar refractivity (Wildman–Crippen MR) is 136 cm³/mol. The summed E-state index contributed by atoms with van der Waals surface area (Å²) in [5, 5.41) is 16.1. The summed E-state index contributed by atoms with van der Waals surface area (Å²) in [6.45, 7) is 6.76. The molecule has 0 aliphatic heterocycles. The number of carbonyl (C=O) groups excluding carboxylic acids is 3. The lowest BCUT2D eigenvalue weighted by atomic mass is 9.88. The topological polar surface area (TPSA) is 117 Å². The van der Waals surface area contributed by atoms with Crippen molar-refractivity contribution in [1.29, 1.82) is 0 Å². The Bertz CT molecular complexity index is 1080. The first-order chi connectivity index (χ1) is 17.0. The average Bonchev–Trinajstić information content (AvgIpc) is 2.77. The monoisotopic (exact) mass is 497 g/mol. The third-order valence-electron chi connectivity index (χ3n) is 5.94. The Morgan fingerprint density at radius 1 is 1.06 bits per heavy atom. The Hall–Kier alpha value is -3.75. The number of para-hydroxylation sites is 1. The molecule has 3 rings (SSSR count). The lowest BCUT2D eigenvalue weighted by Gasteiger charge is -2.43. The number of rotatable bonds is 8. The van der Waals surface area contributed by atoms with E-state index in [1.54, 1.807) is 77.3 Å². The number of nitrogens with one attached hydrogen (secondary N) is 2. The van der Waals surface area contributed by atoms with E-state index in [-0.39, 0.29) is 11.8 Å². The number of phenols is 1. The molecule has 2 aromatic carbocycles. The maximum absolute atomic E-state index is 13.7. The fraction of sp³-hybridized carbons (Fsp3) is 0.444. The molecule has 1 aliphatic carbocycles. The summed E-state index contributed by atoms with van der Waals surface area (Å²) in [4.78, 5) is 41.2. The highest BCUT2D eigenvalue weighted by atomic mass is 16.6. The molecule has 1 saturated carbocycles. The summed E-state index contributed by atoms with van der Waals surface area (Å²) in [5.41, 5.74) is 0.0901. The van der Waals surface area contributed by atoms with Gasteiger partial charge in [0.1, 0.15) is 29.2 Å². The number of amides is 3. The molecule has 0 heterocycles. The van der Waals surface area contributed by atoms with E-state index >= 15 is 0 Å². The summed E-state index contributed by atoms with van der Waals surface area (Å²) >= 11 is 0. The fourth-order valence-electron chi connectivity index (χ4n) is 3.97. The summed E-state index contributed by atoms with van der Waals surface area (Å²) in [6, 6.07) is 11.0. The Morgan fingerprint density at radius 3 is 2.22 bits per heavy atom. The second-order valence-corrected chi connectivity index (χ2v) is 9.88. The molecular formula is C27H35N3O6. The molecule has 0 bridgehead atoms. The second-order valence-electron chi connectivity index (χ2n) is 9.88. The number of hydrogen-bond acceptors (Lipinski definition) is 6. The van der Waals surface area contributed by atoms with Crippen molar-refractivity contribution in [1.82, 2.24) is 10.2 Å². The molecule has 1 fully saturated rings. The van der Waals surface area contributed by atoms with Crippen molar-refractivity contribution in [2.24, 2.45) is 0 Å². The SMILES string of the molecule is COc1ccc(NC(=O)C(c2ccccc2O)N(C(=O)C(C)NC(=O)OC(C)(C)C)C2CCC2)cc1. The average molecular weight is 498 g/mol. The molecule has 0 spiro atoms. The molecule has 36 heavy (non-hydrogen) atoms. The van der Waals surface area contributed by atoms with Crippen LogP contribution in [0.2, 0.25) is 0 Å². The maximum atomic E-state index is 13.7. The molecule has 0 radical (unpaired) electrons. The van der Waals surface area contributed by atoms with Gasteiger partial charge in [0.2, 0.25) is 5.91 Å². The van der Waals surface area contributed by atoms with Crippen LogP contribution in [0.25, 0.3) is 0 Å². The van der Waals surface area contributed by atoms with E-state index in [4.69, 9.17) is 9.47 Å². The fourth-order valence-corrected chi connectivity index (χ4v) is 3.97. The van der Waals surface area contributed by atoms with Crippen LogP contribution in [0.15, 0.2) is 48.5 Å². The second kappa shape index (κ2) is 11.3. The van der Waals surface area contributed by atoms with E-state index < -0.39 is 35.6 Å². The van der Waals surface area contributed by atoms with Crippen LogP contribution in [0.5, 0.6) is 11.5 Å². The zero-order chi connectivity index (χ0) is 26.5. The van der Waals surface area contributed by atoms with Crippen LogP contribution in [0, 0.1) is 0 Å². The summed E-state index contributed by atoms with van der Waals surface area (Å²) in [7, 11) is 1.55. The maximum Gasteiger partial charge on any atom is 0.408 e. The van der Waals surface area contributed by atoms with Gasteiger partial charge in [0.15, 0.2) is 0 Å². The molecule has 0 saturated heterocycles. The Morgan fingerprint density at radius 2 is 1.69 bits per heavy atom. The van der Waals surface area contributed by atoms with Crippen molar-refractivity contribution >= 4 is 23.6 Å². The van der Waals surface area contributed by atoms with Crippen molar-refractivity contribution in [2.45, 2.75) is 70.7 Å². The molecule has 9 heteroatoms. The molecule has 1 aliphatic rings. The Kier molecular flexibility index (Phi) is 8.45. The van der Waals surface area contributed by atoms with Gasteiger partial charge in [-0.2, -0.15) is 0 Å². The Balaban J connectivity index is 1.93. The number of methoxy groups -OCH3 is 1. The van der Waals surface area contributed by atoms with Crippen LogP contribution < -0.4 is 15.4 Å². The summed E-state index contributed by atoms with van der Waals surface area (Å²) in [5.74, 6) is -0.383. The van der Waals surface area contributed by atoms with E-state index in [2.05, 4.69) is 10.6 Å². The molecule has 2 aromatic rings. The van der Waals surface area contributed by atoms with Crippen molar-refractivity contribution in [3.63, 3.8) is 0 Å². The minimum atomic E-state index is -1.12. The molecule has 3 N–H and O–H groups in total. The van der Waals surface area contributed by atoms with Crippen molar-refractivity contribution < 1.29 is 29.0 Å². The molecule has 9 nitrogen and oxygen atoms in total. The number of carbonyl (C=O) groups is 3. The van der Waals surface area contributed by atoms with Crippen molar-refractivity contribution in [3.05, 3.63) is 54.1 Å². The summed E-state index contributed by atoms with van der Waals surface area (Å²) < 4.78 is 10.5. The van der Waals surface area contributed by atoms with E-state index in [1.807, 2.05) is 0 Å². The summed E-state index contributed by atoms with van der Waals surface area (Å²) in [6.07, 6.45) is 1.62. The predicted octanol–water partition coefficient (Wildman–Crippen LogP) is 4.37. The zero-order valence-electron chi connectivity index (χ0n) is 21.4. The van der Waals surface area contributed by atoms with Gasteiger partial charge in [0.25, 0.3) is 5.91 Å². The molecule has 3 amide bonds. The number of ether oxygens (including phenoxy) is 2. The van der Waals surface area contributed by atoms with Gasteiger partial charge in [-0.3, -0.25) is 9.59 Å². The zero-order valence-corrected chi connectivity index (χ0v) is 21.4. The number of phenolic OH excluding ortho intramolecular Hbond substituents is 1. The van der Waals surface area contributed by atoms with Crippen molar-refractivity contribution in [3.8, 4) is 11.5 Å². The number of nitrogens with zero attached hydrogens (tertiary/aromatic N) is 1. The third kappa shape index (κ3) is 6.68. The number of aromatic hydroxyl groups is 1. The normalized spacial score (nSPS) is 15.1. The standard InChI is InChI=1S/C27H35N3O6/c1-17(28-26(34)36-27(2,3)4)25(33)30(19-9-8-10-19)23(21-11-6-7-12-22(21)31)24(32)29-18-13-15-20(35-5)16-14-18/h6-7,11-17,19,23,31H,8-10H2,1-5H3,(H,28,34)(H,29,32). The highest BCUT2D eigenvalue weighted by Crippen LogP contribution is 2.37. The molecule has 2 unspecified atom stereocenters. The van der Waals surface area contributed by atoms with Crippen LogP contribution >= 0.6 is 0 Å². The van der Waals surface area contributed by atoms with Crippen LogP contribution in [-0.4, -0.2) is 52.7 Å². The van der Waals surface area contributed by atoms with Crippen LogP contribution in [0.3, 0.4) is 0 Å². The van der Waals surface area contributed by atoms with Gasteiger partial charge < -0.3 is 30.1 Å². The smallest absolute Gasteiger partial charge is 0.408 e. The van der Waals surface area contributed by atoms with E-state index in [1.165, 1.54) is 11.0 Å². The van der Waals surface area contributed by atoms with E-state index in [0.717, 1.165) is 6.42 Å². The highest BCUT2D eigenvalue weighted by molar-refractivity contribution is 5.99. The minimum Gasteiger partial charge on any atom is -0.508 e. The van der Waals surface area contributed by atoms with Gasteiger partial charge in [0, 0.05) is 17.3 Å². The first-order valence-electron chi connectivity index (χ1n) is 12.0. The van der Waals surface area contributed by atoms with Crippen LogP contribution in [0.1, 0.15) is 58.6 Å². The number of hydrogen-bond donors (Lipinski definition) is 3. The minimum absolute atomic E-state index is 0.0998. The third-order valence-corrected chi connectivity index (χ3v) is 5.94. The first kappa shape index (κ1) is 26.8. The Labute approximate surface area is 211 Å². The number of benzene rings is 2. The largest absolute Gasteiger partial charge is 0.508 e. The van der Waals surface area contributed by atoms with Crippen LogP contribution in [0.4, 0.5) is 10.5 Å². The molecule has 0 aromatic heterocycles. The lowest BCUT2D eigenvalue weighted by Crippen LogP contribution is -2.56. The number of alkyl carbamates (subject to hydrolysis) is 1. The van der Waals surface area contributed by atoms with Gasteiger partial charge in [-0.1, -0.05) is 18.2 Å². The van der Waals surface area contributed by atoms with E-state index in [9.17, 15) is 19.5 Å². The van der Waals surface area contributed by atoms with Gasteiger partial charge in [0.05, 0.1) is 7.11 Å². The molecule has 2 atom stereocenters. The van der Waals surface area contributed by atoms with E-state index in [0.29, 0.717) is 29.8 Å². The number of anilines is 1.